The Labute approximate surface area is 107 Å². The van der Waals surface area contributed by atoms with Crippen LogP contribution in [0.5, 0.6) is 0 Å². The van der Waals surface area contributed by atoms with Gasteiger partial charge < -0.3 is 5.11 Å². The summed E-state index contributed by atoms with van der Waals surface area (Å²) in [6.07, 6.45) is 0.513. The van der Waals surface area contributed by atoms with Crippen molar-refractivity contribution in [3.8, 4) is 0 Å². The van der Waals surface area contributed by atoms with Gasteiger partial charge in [-0.3, -0.25) is 0 Å². The van der Waals surface area contributed by atoms with Crippen molar-refractivity contribution in [2.75, 3.05) is 0 Å². The highest BCUT2D eigenvalue weighted by molar-refractivity contribution is 5.28. The van der Waals surface area contributed by atoms with Crippen molar-refractivity contribution in [2.24, 2.45) is 0 Å². The van der Waals surface area contributed by atoms with E-state index in [0.717, 1.165) is 11.1 Å². The summed E-state index contributed by atoms with van der Waals surface area (Å²) >= 11 is 0. The van der Waals surface area contributed by atoms with Gasteiger partial charge in [0.05, 0.1) is 5.60 Å². The molecule has 0 aliphatic heterocycles. The van der Waals surface area contributed by atoms with Gasteiger partial charge in [0.1, 0.15) is 5.82 Å². The lowest BCUT2D eigenvalue weighted by molar-refractivity contribution is 0.0575. The molecule has 1 unspecified atom stereocenters. The summed E-state index contributed by atoms with van der Waals surface area (Å²) in [5.74, 6) is -0.287. The summed E-state index contributed by atoms with van der Waals surface area (Å²) in [6, 6.07) is 14.1. The minimum Gasteiger partial charge on any atom is -0.385 e. The summed E-state index contributed by atoms with van der Waals surface area (Å²) in [4.78, 5) is 0. The topological polar surface area (TPSA) is 20.2 Å². The lowest BCUT2D eigenvalue weighted by atomic mass is 9.89. The minimum atomic E-state index is -0.983. The molecule has 0 saturated carbocycles. The molecule has 1 atom stereocenters. The average molecular weight is 244 g/mol. The van der Waals surface area contributed by atoms with E-state index in [9.17, 15) is 9.50 Å². The molecule has 2 heteroatoms. The molecule has 2 rings (SSSR count). The minimum absolute atomic E-state index is 0.287. The number of benzene rings is 2. The van der Waals surface area contributed by atoms with Gasteiger partial charge in [0.15, 0.2) is 0 Å². The third kappa shape index (κ3) is 2.96. The fraction of sp³-hybridized carbons (Fsp3) is 0.250. The Kier molecular flexibility index (Phi) is 3.48. The van der Waals surface area contributed by atoms with Crippen LogP contribution in [0.3, 0.4) is 0 Å². The second kappa shape index (κ2) is 4.91. The molecule has 94 valence electrons. The van der Waals surface area contributed by atoms with Crippen molar-refractivity contribution in [1.82, 2.24) is 0 Å². The molecule has 1 N–H and O–H groups in total. The van der Waals surface area contributed by atoms with E-state index in [1.807, 2.05) is 31.2 Å². The van der Waals surface area contributed by atoms with Gasteiger partial charge >= 0.3 is 0 Å². The molecule has 0 aliphatic rings. The van der Waals surface area contributed by atoms with Crippen LogP contribution in [0.1, 0.15) is 23.6 Å². The molecule has 1 nitrogen and oxygen atoms in total. The molecular weight excluding hydrogens is 227 g/mol. The van der Waals surface area contributed by atoms with E-state index in [0.29, 0.717) is 6.42 Å². The van der Waals surface area contributed by atoms with Gasteiger partial charge in [-0.1, -0.05) is 42.0 Å². The second-order valence-corrected chi connectivity index (χ2v) is 4.94. The normalized spacial score (nSPS) is 14.2. The van der Waals surface area contributed by atoms with Crippen LogP contribution in [0.4, 0.5) is 4.39 Å². The quantitative estimate of drug-likeness (QED) is 0.875. The Bertz CT molecular complexity index is 512. The van der Waals surface area contributed by atoms with E-state index in [-0.39, 0.29) is 5.82 Å². The van der Waals surface area contributed by atoms with Crippen LogP contribution in [0.25, 0.3) is 0 Å². The predicted molar refractivity (Wildman–Crippen MR) is 70.9 cm³/mol. The highest BCUT2D eigenvalue weighted by Crippen LogP contribution is 2.25. The molecule has 0 spiro atoms. The number of hydrogen-bond acceptors (Lipinski definition) is 1. The maximum atomic E-state index is 12.9. The van der Waals surface area contributed by atoms with Crippen molar-refractivity contribution < 1.29 is 9.50 Å². The van der Waals surface area contributed by atoms with Gasteiger partial charge in [-0.05, 0) is 37.1 Å². The fourth-order valence-electron chi connectivity index (χ4n) is 2.01. The fourth-order valence-corrected chi connectivity index (χ4v) is 2.01. The first-order chi connectivity index (χ1) is 8.47. The van der Waals surface area contributed by atoms with Gasteiger partial charge in [0.2, 0.25) is 0 Å². The van der Waals surface area contributed by atoms with Crippen molar-refractivity contribution in [2.45, 2.75) is 25.9 Å². The zero-order valence-electron chi connectivity index (χ0n) is 10.7. The van der Waals surface area contributed by atoms with E-state index < -0.39 is 5.60 Å². The molecule has 2 aromatic rings. The third-order valence-corrected chi connectivity index (χ3v) is 3.14. The molecule has 0 aromatic heterocycles. The molecule has 0 heterocycles. The lowest BCUT2D eigenvalue weighted by Crippen LogP contribution is -2.24. The molecule has 2 aromatic carbocycles. The summed E-state index contributed by atoms with van der Waals surface area (Å²) in [7, 11) is 0. The Morgan fingerprint density at radius 2 is 1.56 bits per heavy atom. The summed E-state index contributed by atoms with van der Waals surface area (Å²) < 4.78 is 12.9. The number of hydrogen-bond donors (Lipinski definition) is 1. The SMILES string of the molecule is Cc1ccc(CC(C)(O)c2ccc(F)cc2)cc1. The standard InChI is InChI=1S/C16H17FO/c1-12-3-5-13(6-4-12)11-16(2,18)14-7-9-15(17)10-8-14/h3-10,18H,11H2,1-2H3. The molecular formula is C16H17FO. The Morgan fingerprint density at radius 1 is 1.00 bits per heavy atom. The summed E-state index contributed by atoms with van der Waals surface area (Å²) in [6.45, 7) is 3.78. The van der Waals surface area contributed by atoms with Crippen LogP contribution in [-0.2, 0) is 12.0 Å². The molecule has 0 aliphatic carbocycles. The second-order valence-electron chi connectivity index (χ2n) is 4.94. The van der Waals surface area contributed by atoms with Crippen LogP contribution in [0.2, 0.25) is 0 Å². The van der Waals surface area contributed by atoms with Crippen molar-refractivity contribution in [1.29, 1.82) is 0 Å². The smallest absolute Gasteiger partial charge is 0.123 e. The van der Waals surface area contributed by atoms with E-state index in [2.05, 4.69) is 0 Å². The van der Waals surface area contributed by atoms with E-state index >= 15 is 0 Å². The first-order valence-electron chi connectivity index (χ1n) is 6.01. The molecule has 18 heavy (non-hydrogen) atoms. The van der Waals surface area contributed by atoms with Gasteiger partial charge in [-0.2, -0.15) is 0 Å². The Morgan fingerprint density at radius 3 is 2.11 bits per heavy atom. The van der Waals surface area contributed by atoms with E-state index in [1.165, 1.54) is 17.7 Å². The average Bonchev–Trinajstić information content (AvgIpc) is 2.32. The molecule has 0 bridgehead atoms. The number of aliphatic hydroxyl groups is 1. The van der Waals surface area contributed by atoms with E-state index in [1.54, 1.807) is 19.1 Å². The number of halogens is 1. The Balaban J connectivity index is 2.20. The first kappa shape index (κ1) is 12.8. The van der Waals surface area contributed by atoms with Crippen LogP contribution >= 0.6 is 0 Å². The van der Waals surface area contributed by atoms with Crippen LogP contribution in [-0.4, -0.2) is 5.11 Å². The zero-order chi connectivity index (χ0) is 13.2. The highest BCUT2D eigenvalue weighted by atomic mass is 19.1. The van der Waals surface area contributed by atoms with Crippen LogP contribution in [0, 0.1) is 12.7 Å². The maximum Gasteiger partial charge on any atom is 0.123 e. The maximum absolute atomic E-state index is 12.9. The molecule has 0 radical (unpaired) electrons. The molecule has 0 amide bonds. The number of aryl methyl sites for hydroxylation is 1. The van der Waals surface area contributed by atoms with Crippen molar-refractivity contribution in [3.63, 3.8) is 0 Å². The molecule has 0 fully saturated rings. The van der Waals surface area contributed by atoms with Crippen molar-refractivity contribution >= 4 is 0 Å². The zero-order valence-corrected chi connectivity index (χ0v) is 10.7. The summed E-state index contributed by atoms with van der Waals surface area (Å²) in [5.41, 5.74) is 2.00. The van der Waals surface area contributed by atoms with Gasteiger partial charge in [-0.25, -0.2) is 4.39 Å². The third-order valence-electron chi connectivity index (χ3n) is 3.14. The summed E-state index contributed by atoms with van der Waals surface area (Å²) in [5, 5.41) is 10.5. The first-order valence-corrected chi connectivity index (χ1v) is 6.01. The monoisotopic (exact) mass is 244 g/mol. The van der Waals surface area contributed by atoms with Gasteiger partial charge in [0, 0.05) is 6.42 Å². The largest absolute Gasteiger partial charge is 0.385 e. The van der Waals surface area contributed by atoms with Crippen molar-refractivity contribution in [3.05, 3.63) is 71.0 Å². The molecule has 0 saturated heterocycles. The number of rotatable bonds is 3. The van der Waals surface area contributed by atoms with Crippen LogP contribution in [0.15, 0.2) is 48.5 Å². The predicted octanol–water partition coefficient (Wildman–Crippen LogP) is 3.58. The van der Waals surface area contributed by atoms with Gasteiger partial charge in [-0.15, -0.1) is 0 Å². The highest BCUT2D eigenvalue weighted by Gasteiger charge is 2.23. The van der Waals surface area contributed by atoms with Crippen LogP contribution < -0.4 is 0 Å². The van der Waals surface area contributed by atoms with E-state index in [4.69, 9.17) is 0 Å². The van der Waals surface area contributed by atoms with Gasteiger partial charge in [0.25, 0.3) is 0 Å². The Hall–Kier alpha value is -1.67. The lowest BCUT2D eigenvalue weighted by Gasteiger charge is -2.24.